The van der Waals surface area contributed by atoms with Gasteiger partial charge >= 0.3 is 0 Å². The van der Waals surface area contributed by atoms with Crippen LogP contribution < -0.4 is 5.32 Å². The maximum atomic E-state index is 13.5. The predicted molar refractivity (Wildman–Crippen MR) is 122 cm³/mol. The lowest BCUT2D eigenvalue weighted by molar-refractivity contribution is 0.0941. The monoisotopic (exact) mass is 416 g/mol. The zero-order valence-electron chi connectivity index (χ0n) is 19.1. The fraction of sp³-hybridized carbons (Fsp3) is 0.333. The topological polar surface area (TPSA) is 77.6 Å². The first kappa shape index (κ1) is 20.8. The number of pyridine rings is 1. The van der Waals surface area contributed by atoms with Gasteiger partial charge in [0.1, 0.15) is 0 Å². The van der Waals surface area contributed by atoms with Crippen LogP contribution in [0.5, 0.6) is 0 Å². The van der Waals surface area contributed by atoms with Gasteiger partial charge in [-0.3, -0.25) is 14.2 Å². The SMILES string of the molecule is Cc1ccc(-c2cc(C(=O)N[C@H](C)c3c(C)nn(C)c3C)c3c(C)nn(C)c3n2)cc1. The lowest BCUT2D eigenvalue weighted by Gasteiger charge is -2.16. The highest BCUT2D eigenvalue weighted by Crippen LogP contribution is 2.28. The van der Waals surface area contributed by atoms with E-state index < -0.39 is 0 Å². The van der Waals surface area contributed by atoms with Crippen LogP contribution in [0.15, 0.2) is 30.3 Å². The van der Waals surface area contributed by atoms with Crippen molar-refractivity contribution < 1.29 is 4.79 Å². The highest BCUT2D eigenvalue weighted by atomic mass is 16.1. The Morgan fingerprint density at radius 1 is 0.968 bits per heavy atom. The molecule has 0 unspecified atom stereocenters. The third-order valence-corrected chi connectivity index (χ3v) is 5.91. The molecule has 1 aromatic carbocycles. The number of carbonyl (C=O) groups excluding carboxylic acids is 1. The van der Waals surface area contributed by atoms with Crippen LogP contribution >= 0.6 is 0 Å². The van der Waals surface area contributed by atoms with Crippen LogP contribution in [0.25, 0.3) is 22.3 Å². The van der Waals surface area contributed by atoms with Gasteiger partial charge in [0.25, 0.3) is 5.91 Å². The molecular weight excluding hydrogens is 388 g/mol. The number of hydrogen-bond acceptors (Lipinski definition) is 4. The first-order valence-corrected chi connectivity index (χ1v) is 10.4. The molecule has 0 bridgehead atoms. The summed E-state index contributed by atoms with van der Waals surface area (Å²) in [7, 11) is 3.77. The van der Waals surface area contributed by atoms with Gasteiger partial charge in [0.05, 0.1) is 34.1 Å². The van der Waals surface area contributed by atoms with Crippen molar-refractivity contribution in [2.24, 2.45) is 14.1 Å². The number of carbonyl (C=O) groups is 1. The first-order chi connectivity index (χ1) is 14.7. The molecule has 0 aliphatic carbocycles. The van der Waals surface area contributed by atoms with E-state index in [2.05, 4.69) is 15.5 Å². The van der Waals surface area contributed by atoms with E-state index in [0.717, 1.165) is 39.3 Å². The summed E-state index contributed by atoms with van der Waals surface area (Å²) in [5, 5.41) is 12.9. The highest BCUT2D eigenvalue weighted by Gasteiger charge is 2.23. The van der Waals surface area contributed by atoms with Gasteiger partial charge in [-0.05, 0) is 40.7 Å². The molecule has 160 valence electrons. The maximum Gasteiger partial charge on any atom is 0.252 e. The normalized spacial score (nSPS) is 12.4. The molecule has 0 aliphatic heterocycles. The van der Waals surface area contributed by atoms with Crippen molar-refractivity contribution in [3.8, 4) is 11.3 Å². The molecule has 1 amide bonds. The quantitative estimate of drug-likeness (QED) is 0.543. The molecule has 0 spiro atoms. The van der Waals surface area contributed by atoms with Gasteiger partial charge in [-0.15, -0.1) is 0 Å². The Morgan fingerprint density at radius 2 is 1.61 bits per heavy atom. The van der Waals surface area contributed by atoms with E-state index in [1.807, 2.05) is 83.7 Å². The molecule has 1 atom stereocenters. The summed E-state index contributed by atoms with van der Waals surface area (Å²) in [6.07, 6.45) is 0. The van der Waals surface area contributed by atoms with Crippen LogP contribution in [-0.2, 0) is 14.1 Å². The van der Waals surface area contributed by atoms with Crippen molar-refractivity contribution in [3.63, 3.8) is 0 Å². The molecular formula is C24H28N6O. The average Bonchev–Trinajstić information content (AvgIpc) is 3.15. The van der Waals surface area contributed by atoms with Gasteiger partial charge in [0.2, 0.25) is 0 Å². The molecule has 4 aromatic rings. The van der Waals surface area contributed by atoms with Gasteiger partial charge in [0.15, 0.2) is 5.65 Å². The van der Waals surface area contributed by atoms with Crippen LogP contribution in [0.1, 0.15) is 51.5 Å². The minimum Gasteiger partial charge on any atom is -0.345 e. The smallest absolute Gasteiger partial charge is 0.252 e. The van der Waals surface area contributed by atoms with E-state index in [4.69, 9.17) is 4.98 Å². The van der Waals surface area contributed by atoms with Crippen LogP contribution in [0, 0.1) is 27.7 Å². The van der Waals surface area contributed by atoms with Crippen molar-refractivity contribution >= 4 is 16.9 Å². The number of fused-ring (bicyclic) bond motifs is 1. The Hall–Kier alpha value is -3.48. The maximum absolute atomic E-state index is 13.5. The fourth-order valence-corrected chi connectivity index (χ4v) is 4.26. The van der Waals surface area contributed by atoms with E-state index in [9.17, 15) is 4.79 Å². The molecule has 31 heavy (non-hydrogen) atoms. The van der Waals surface area contributed by atoms with E-state index in [1.54, 1.807) is 4.68 Å². The molecule has 0 fully saturated rings. The van der Waals surface area contributed by atoms with E-state index in [1.165, 1.54) is 5.56 Å². The van der Waals surface area contributed by atoms with Crippen LogP contribution in [0.3, 0.4) is 0 Å². The molecule has 0 radical (unpaired) electrons. The summed E-state index contributed by atoms with van der Waals surface area (Å²) >= 11 is 0. The molecule has 0 saturated heterocycles. The number of benzene rings is 1. The zero-order valence-corrected chi connectivity index (χ0v) is 19.1. The van der Waals surface area contributed by atoms with Crippen molar-refractivity contribution in [2.75, 3.05) is 0 Å². The van der Waals surface area contributed by atoms with Crippen LogP contribution in [0.4, 0.5) is 0 Å². The Bertz CT molecular complexity index is 1300. The second kappa shape index (κ2) is 7.65. The van der Waals surface area contributed by atoms with Crippen LogP contribution in [-0.4, -0.2) is 30.5 Å². The summed E-state index contributed by atoms with van der Waals surface area (Å²) in [6.45, 7) is 9.93. The number of aryl methyl sites for hydroxylation is 5. The zero-order chi connectivity index (χ0) is 22.4. The molecule has 0 aliphatic rings. The average molecular weight is 417 g/mol. The van der Waals surface area contributed by atoms with Gasteiger partial charge in [-0.2, -0.15) is 10.2 Å². The van der Waals surface area contributed by atoms with Crippen LogP contribution in [0.2, 0.25) is 0 Å². The summed E-state index contributed by atoms with van der Waals surface area (Å²) in [5.74, 6) is -0.146. The Morgan fingerprint density at radius 3 is 2.23 bits per heavy atom. The molecule has 7 heteroatoms. The summed E-state index contributed by atoms with van der Waals surface area (Å²) < 4.78 is 3.58. The highest BCUT2D eigenvalue weighted by molar-refractivity contribution is 6.07. The lowest BCUT2D eigenvalue weighted by atomic mass is 10.0. The van der Waals surface area contributed by atoms with Gasteiger partial charge in [0, 0.05) is 30.9 Å². The number of rotatable bonds is 4. The number of hydrogen-bond donors (Lipinski definition) is 1. The molecule has 3 aromatic heterocycles. The first-order valence-electron chi connectivity index (χ1n) is 10.4. The van der Waals surface area contributed by atoms with E-state index >= 15 is 0 Å². The van der Waals surface area contributed by atoms with Gasteiger partial charge in [-0.25, -0.2) is 4.98 Å². The summed E-state index contributed by atoms with van der Waals surface area (Å²) in [5.41, 5.74) is 7.97. The summed E-state index contributed by atoms with van der Waals surface area (Å²) in [6, 6.07) is 9.84. The number of nitrogens with zero attached hydrogens (tertiary/aromatic N) is 5. The third kappa shape index (κ3) is 3.60. The van der Waals surface area contributed by atoms with Crippen molar-refractivity contribution in [2.45, 2.75) is 40.7 Å². The second-order valence-corrected chi connectivity index (χ2v) is 8.23. The van der Waals surface area contributed by atoms with Crippen molar-refractivity contribution in [1.29, 1.82) is 0 Å². The minimum absolute atomic E-state index is 0.146. The molecule has 3 heterocycles. The molecule has 4 rings (SSSR count). The largest absolute Gasteiger partial charge is 0.345 e. The van der Waals surface area contributed by atoms with E-state index in [-0.39, 0.29) is 11.9 Å². The minimum atomic E-state index is -0.177. The third-order valence-electron chi connectivity index (χ3n) is 5.91. The van der Waals surface area contributed by atoms with Crippen molar-refractivity contribution in [1.82, 2.24) is 29.9 Å². The van der Waals surface area contributed by atoms with Crippen molar-refractivity contribution in [3.05, 3.63) is 64.1 Å². The molecule has 7 nitrogen and oxygen atoms in total. The van der Waals surface area contributed by atoms with Gasteiger partial charge < -0.3 is 5.32 Å². The fourth-order valence-electron chi connectivity index (χ4n) is 4.26. The molecule has 1 N–H and O–H groups in total. The second-order valence-electron chi connectivity index (χ2n) is 8.23. The van der Waals surface area contributed by atoms with Gasteiger partial charge in [-0.1, -0.05) is 29.8 Å². The number of aromatic nitrogens is 5. The van der Waals surface area contributed by atoms with E-state index in [0.29, 0.717) is 11.2 Å². The summed E-state index contributed by atoms with van der Waals surface area (Å²) in [4.78, 5) is 18.3. The number of nitrogens with one attached hydrogen (secondary N) is 1. The predicted octanol–water partition coefficient (Wildman–Crippen LogP) is 4.09. The number of amides is 1. The Kier molecular flexibility index (Phi) is 5.13. The Balaban J connectivity index is 1.80. The lowest BCUT2D eigenvalue weighted by Crippen LogP contribution is -2.27. The Labute approximate surface area is 182 Å². The molecule has 0 saturated carbocycles. The standard InChI is InChI=1S/C24H28N6O/c1-13-8-10-18(11-9-13)20-12-19(22-16(4)28-30(7)23(22)26-20)24(31)25-14(2)21-15(3)27-29(6)17(21)5/h8-12,14H,1-7H3,(H,25,31)/t14-/m1/s1.